The molecule has 0 aliphatic carbocycles. The Bertz CT molecular complexity index is 3530. The molecule has 0 radical (unpaired) electrons. The number of aromatic nitrogens is 8. The number of nitrogens with zero attached hydrogens (tertiary/aromatic N) is 8. The number of imidazole rings is 4. The highest BCUT2D eigenvalue weighted by atomic mass is 15.2. The number of rotatable bonds is 12. The number of hydrogen-bond donors (Lipinski definition) is 0. The lowest BCUT2D eigenvalue weighted by atomic mass is 9.92. The lowest BCUT2D eigenvalue weighted by Gasteiger charge is -2.13. The molecule has 13 aromatic rings. The summed E-state index contributed by atoms with van der Waals surface area (Å²) in [7, 11) is 0. The van der Waals surface area contributed by atoms with Crippen molar-refractivity contribution in [1.82, 2.24) is 18.3 Å². The highest BCUT2D eigenvalue weighted by molar-refractivity contribution is 6.24. The topological polar surface area (TPSA) is 35.2 Å². The molecule has 0 aliphatic rings. The summed E-state index contributed by atoms with van der Waals surface area (Å²) in [6, 6.07) is 49.5. The van der Waals surface area contributed by atoms with Gasteiger partial charge in [0.05, 0.1) is 0 Å². The van der Waals surface area contributed by atoms with Crippen LogP contribution in [0.25, 0.3) is 64.6 Å². The zero-order valence-corrected chi connectivity index (χ0v) is 35.5. The minimum Gasteiger partial charge on any atom is -0.233 e. The van der Waals surface area contributed by atoms with Crippen LogP contribution in [0.5, 0.6) is 0 Å². The van der Waals surface area contributed by atoms with Crippen LogP contribution in [0.3, 0.4) is 0 Å². The van der Waals surface area contributed by atoms with Crippen molar-refractivity contribution in [2.45, 2.75) is 39.5 Å². The summed E-state index contributed by atoms with van der Waals surface area (Å²) in [5, 5.41) is 16.0. The average molecular weight is 831 g/mol. The predicted octanol–water partition coefficient (Wildman–Crippen LogP) is 9.04. The van der Waals surface area contributed by atoms with Crippen LogP contribution in [0.4, 0.5) is 0 Å². The molecular weight excluding hydrogens is 785 g/mol. The normalized spacial score (nSPS) is 12.1. The molecule has 0 aliphatic heterocycles. The Balaban J connectivity index is 0.625. The highest BCUT2D eigenvalue weighted by Crippen LogP contribution is 2.37. The largest absolute Gasteiger partial charge is 0.247 e. The van der Waals surface area contributed by atoms with Crippen LogP contribution < -0.4 is 18.3 Å². The molecule has 0 atom stereocenters. The van der Waals surface area contributed by atoms with E-state index < -0.39 is 0 Å². The lowest BCUT2D eigenvalue weighted by molar-refractivity contribution is -0.912. The molecule has 0 unspecified atom stereocenters. The summed E-state index contributed by atoms with van der Waals surface area (Å²) in [6.07, 6.45) is 26.1. The maximum atomic E-state index is 2.30. The first kappa shape index (κ1) is 36.5. The van der Waals surface area contributed by atoms with Crippen molar-refractivity contribution in [1.29, 1.82) is 0 Å². The Morgan fingerprint density at radius 1 is 0.297 bits per heavy atom. The van der Waals surface area contributed by atoms with E-state index >= 15 is 0 Å². The smallest absolute Gasteiger partial charge is 0.233 e. The van der Waals surface area contributed by atoms with Crippen molar-refractivity contribution in [3.8, 4) is 0 Å². The van der Waals surface area contributed by atoms with E-state index in [2.05, 4.69) is 245 Å². The fraction of sp³-hybridized carbons (Fsp3) is 0.107. The molecule has 0 saturated carbocycles. The van der Waals surface area contributed by atoms with Gasteiger partial charge in [0.2, 0.25) is 38.6 Å². The van der Waals surface area contributed by atoms with Crippen molar-refractivity contribution >= 4 is 64.6 Å². The molecule has 4 heterocycles. The van der Waals surface area contributed by atoms with Crippen LogP contribution in [0, 0.1) is 0 Å². The van der Waals surface area contributed by atoms with Gasteiger partial charge in [-0.3, -0.25) is 0 Å². The Morgan fingerprint density at radius 3 is 0.984 bits per heavy atom. The fourth-order valence-electron chi connectivity index (χ4n) is 10.3. The van der Waals surface area contributed by atoms with Gasteiger partial charge in [-0.05, 0) is 75.8 Å². The Morgan fingerprint density at radius 2 is 0.609 bits per heavy atom. The van der Waals surface area contributed by atoms with Crippen molar-refractivity contribution in [2.24, 2.45) is 0 Å². The van der Waals surface area contributed by atoms with Gasteiger partial charge >= 0.3 is 0 Å². The van der Waals surface area contributed by atoms with Crippen LogP contribution in [0.15, 0.2) is 208 Å². The van der Waals surface area contributed by atoms with E-state index in [4.69, 9.17) is 0 Å². The van der Waals surface area contributed by atoms with Gasteiger partial charge in [-0.25, -0.2) is 18.3 Å². The monoisotopic (exact) mass is 830 g/mol. The Labute approximate surface area is 369 Å². The third-order valence-corrected chi connectivity index (χ3v) is 13.3. The van der Waals surface area contributed by atoms with E-state index in [0.29, 0.717) is 0 Å². The molecule has 8 heteroatoms. The van der Waals surface area contributed by atoms with Gasteiger partial charge in [-0.2, -0.15) is 18.3 Å². The molecule has 0 spiro atoms. The standard InChI is InChI=1S/C56H46N8/c1-3-43-11-13-47-15-17-49(51-21-19-45(5-1)53(43)55(47)51)33-59-25-29-63(37-59)39-61-27-23-57(35-61)31-41-7-9-42(10-8-41)32-58-24-28-62(36-58)40-64-30-26-60(38-64)34-50-18-16-48-14-12-44-4-2-6-46-20-22-52(50)56(48)54(44)46/h1-30,35-38H,31-34,39-40H2/q+4. The molecule has 4 aromatic heterocycles. The quantitative estimate of drug-likeness (QED) is 0.0871. The molecule has 306 valence electrons. The number of hydrogen-bond acceptors (Lipinski definition) is 0. The fourth-order valence-corrected chi connectivity index (χ4v) is 10.3. The summed E-state index contributed by atoms with van der Waals surface area (Å²) in [6.45, 7) is 4.80. The van der Waals surface area contributed by atoms with Gasteiger partial charge in [0.1, 0.15) is 75.8 Å². The van der Waals surface area contributed by atoms with E-state index in [1.54, 1.807) is 0 Å². The van der Waals surface area contributed by atoms with Gasteiger partial charge in [0, 0.05) is 11.1 Å². The molecule has 9 aromatic carbocycles. The molecule has 64 heavy (non-hydrogen) atoms. The SMILES string of the molecule is c1cc2ccc3ccc(Cn4cc[n+](C[n+]5ccn(Cc6ccc(Cn7cc[n+](C[n+]8ccn(Cc9ccc%10ccc%11cccc%12ccc9c%10c%11%12)c8)c7)cc6)c5)c4)c4ccc(c1)c2c34. The van der Waals surface area contributed by atoms with Crippen LogP contribution in [-0.4, -0.2) is 18.3 Å². The van der Waals surface area contributed by atoms with Crippen LogP contribution in [-0.2, 0) is 39.5 Å². The first-order valence-corrected chi connectivity index (χ1v) is 22.2. The Hall–Kier alpha value is -8.10. The van der Waals surface area contributed by atoms with Gasteiger partial charge in [-0.15, -0.1) is 0 Å². The van der Waals surface area contributed by atoms with Crippen molar-refractivity contribution in [3.63, 3.8) is 0 Å². The summed E-state index contributed by atoms with van der Waals surface area (Å²) in [4.78, 5) is 0. The lowest BCUT2D eigenvalue weighted by Crippen LogP contribution is -2.49. The molecule has 13 rings (SSSR count). The first-order chi connectivity index (χ1) is 31.6. The average Bonchev–Trinajstić information content (AvgIpc) is 4.17. The molecule has 0 bridgehead atoms. The maximum absolute atomic E-state index is 2.30. The molecule has 8 nitrogen and oxygen atoms in total. The van der Waals surface area contributed by atoms with Crippen LogP contribution >= 0.6 is 0 Å². The molecule has 0 saturated heterocycles. The second kappa shape index (κ2) is 14.8. The van der Waals surface area contributed by atoms with E-state index in [1.807, 2.05) is 0 Å². The van der Waals surface area contributed by atoms with Crippen molar-refractivity contribution in [2.75, 3.05) is 0 Å². The summed E-state index contributed by atoms with van der Waals surface area (Å²) >= 11 is 0. The minimum atomic E-state index is 0.751. The van der Waals surface area contributed by atoms with Gasteiger partial charge in [0.15, 0.2) is 0 Å². The first-order valence-electron chi connectivity index (χ1n) is 22.2. The van der Waals surface area contributed by atoms with Crippen LogP contribution in [0.2, 0.25) is 0 Å². The minimum absolute atomic E-state index is 0.751. The summed E-state index contributed by atoms with van der Waals surface area (Å²) < 4.78 is 18.0. The zero-order chi connectivity index (χ0) is 42.1. The maximum Gasteiger partial charge on any atom is 0.247 e. The van der Waals surface area contributed by atoms with Crippen LogP contribution in [0.1, 0.15) is 22.3 Å². The van der Waals surface area contributed by atoms with Gasteiger partial charge < -0.3 is 0 Å². The molecule has 0 fully saturated rings. The Kier molecular flexibility index (Phi) is 8.44. The van der Waals surface area contributed by atoms with Gasteiger partial charge in [-0.1, -0.05) is 133 Å². The zero-order valence-electron chi connectivity index (χ0n) is 35.5. The molecular formula is C56H46N8+4. The number of benzene rings is 9. The van der Waals surface area contributed by atoms with Crippen molar-refractivity contribution < 1.29 is 18.3 Å². The highest BCUT2D eigenvalue weighted by Gasteiger charge is 2.17. The second-order valence-corrected chi connectivity index (χ2v) is 17.7. The third kappa shape index (κ3) is 6.54. The molecule has 0 N–H and O–H groups in total. The van der Waals surface area contributed by atoms with Gasteiger partial charge in [0.25, 0.3) is 0 Å². The van der Waals surface area contributed by atoms with E-state index in [0.717, 1.165) is 39.5 Å². The molecule has 0 amide bonds. The van der Waals surface area contributed by atoms with E-state index in [-0.39, 0.29) is 0 Å². The predicted molar refractivity (Wildman–Crippen MR) is 252 cm³/mol. The van der Waals surface area contributed by atoms with E-state index in [1.165, 1.54) is 86.9 Å². The second-order valence-electron chi connectivity index (χ2n) is 17.7. The summed E-state index contributed by atoms with van der Waals surface area (Å²) in [5.41, 5.74) is 5.24. The summed E-state index contributed by atoms with van der Waals surface area (Å²) in [5.74, 6) is 0. The third-order valence-electron chi connectivity index (χ3n) is 13.3. The van der Waals surface area contributed by atoms with E-state index in [9.17, 15) is 0 Å². The van der Waals surface area contributed by atoms with Crippen molar-refractivity contribution in [3.05, 3.63) is 231 Å².